The molecule has 1 unspecified atom stereocenters. The number of methoxy groups -OCH3 is 1. The largest absolute Gasteiger partial charge is 0.494 e. The molecule has 1 saturated heterocycles. The molecular formula is C16H24BNO4. The Bertz CT molecular complexity index is 526. The van der Waals surface area contributed by atoms with Crippen LogP contribution in [0.1, 0.15) is 46.2 Å². The zero-order chi connectivity index (χ0) is 16.5. The average molecular weight is 305 g/mol. The van der Waals surface area contributed by atoms with Gasteiger partial charge in [0.25, 0.3) is 0 Å². The fourth-order valence-corrected chi connectivity index (χ4v) is 2.24. The van der Waals surface area contributed by atoms with Gasteiger partial charge >= 0.3 is 13.2 Å². The van der Waals surface area contributed by atoms with Crippen LogP contribution in [0, 0.1) is 0 Å². The molecule has 2 rings (SSSR count). The minimum Gasteiger partial charge on any atom is -0.453 e. The van der Waals surface area contributed by atoms with Gasteiger partial charge in [-0.1, -0.05) is 24.3 Å². The number of hydrogen-bond acceptors (Lipinski definition) is 4. The summed E-state index contributed by atoms with van der Waals surface area (Å²) in [4.78, 5) is 11.2. The van der Waals surface area contributed by atoms with Gasteiger partial charge in [-0.25, -0.2) is 4.79 Å². The summed E-state index contributed by atoms with van der Waals surface area (Å²) in [6.07, 6.45) is -0.442. The molecule has 1 atom stereocenters. The van der Waals surface area contributed by atoms with E-state index >= 15 is 0 Å². The summed E-state index contributed by atoms with van der Waals surface area (Å²) in [6, 6.07) is 7.72. The number of rotatable bonds is 3. The van der Waals surface area contributed by atoms with Crippen LogP contribution in [0.5, 0.6) is 0 Å². The van der Waals surface area contributed by atoms with Crippen molar-refractivity contribution in [3.05, 3.63) is 29.8 Å². The van der Waals surface area contributed by atoms with Crippen molar-refractivity contribution in [2.24, 2.45) is 0 Å². The summed E-state index contributed by atoms with van der Waals surface area (Å²) < 4.78 is 16.6. The summed E-state index contributed by atoms with van der Waals surface area (Å²) in [6.45, 7) is 10.0. The molecule has 6 heteroatoms. The SMILES string of the molecule is COC(=O)NC(C)c1ccc(B2OC(C)(C)C(C)(C)O2)cc1. The van der Waals surface area contributed by atoms with E-state index in [-0.39, 0.29) is 24.4 Å². The van der Waals surface area contributed by atoms with Gasteiger partial charge in [-0.15, -0.1) is 0 Å². The standard InChI is InChI=1S/C16H24BNO4/c1-11(18-14(19)20-6)12-7-9-13(10-8-12)17-21-15(2,3)16(4,5)22-17/h7-11H,1-6H3,(H,18,19). The lowest BCUT2D eigenvalue weighted by molar-refractivity contribution is 0.00578. The monoisotopic (exact) mass is 305 g/mol. The first-order valence-corrected chi connectivity index (χ1v) is 7.46. The Balaban J connectivity index is 2.09. The Morgan fingerprint density at radius 1 is 1.14 bits per heavy atom. The number of alkyl carbamates (subject to hydrolysis) is 1. The van der Waals surface area contributed by atoms with Crippen molar-refractivity contribution in [2.75, 3.05) is 7.11 Å². The highest BCUT2D eigenvalue weighted by Crippen LogP contribution is 2.36. The van der Waals surface area contributed by atoms with Crippen LogP contribution in [0.4, 0.5) is 4.79 Å². The third kappa shape index (κ3) is 3.28. The van der Waals surface area contributed by atoms with E-state index in [1.165, 1.54) is 7.11 Å². The highest BCUT2D eigenvalue weighted by atomic mass is 16.7. The number of ether oxygens (including phenoxy) is 1. The van der Waals surface area contributed by atoms with Crippen molar-refractivity contribution in [1.82, 2.24) is 5.32 Å². The summed E-state index contributed by atoms with van der Waals surface area (Å²) in [7, 11) is 0.978. The summed E-state index contributed by atoms with van der Waals surface area (Å²) in [5.41, 5.74) is 1.25. The Hall–Kier alpha value is -1.53. The number of benzene rings is 1. The van der Waals surface area contributed by atoms with Crippen molar-refractivity contribution in [2.45, 2.75) is 51.9 Å². The highest BCUT2D eigenvalue weighted by molar-refractivity contribution is 6.62. The second-order valence-electron chi connectivity index (χ2n) is 6.61. The minimum absolute atomic E-state index is 0.125. The van der Waals surface area contributed by atoms with Crippen LogP contribution in [0.25, 0.3) is 0 Å². The first-order chi connectivity index (χ1) is 10.2. The molecule has 0 aromatic heterocycles. The number of nitrogens with one attached hydrogen (secondary N) is 1. The topological polar surface area (TPSA) is 56.8 Å². The van der Waals surface area contributed by atoms with Crippen molar-refractivity contribution < 1.29 is 18.8 Å². The molecule has 22 heavy (non-hydrogen) atoms. The lowest BCUT2D eigenvalue weighted by Gasteiger charge is -2.32. The zero-order valence-corrected chi connectivity index (χ0v) is 14.1. The number of carbonyl (C=O) groups excluding carboxylic acids is 1. The van der Waals surface area contributed by atoms with Crippen molar-refractivity contribution in [1.29, 1.82) is 0 Å². The van der Waals surface area contributed by atoms with Crippen LogP contribution < -0.4 is 10.8 Å². The van der Waals surface area contributed by atoms with E-state index in [0.717, 1.165) is 11.0 Å². The Morgan fingerprint density at radius 2 is 1.64 bits per heavy atom. The lowest BCUT2D eigenvalue weighted by Crippen LogP contribution is -2.41. The van der Waals surface area contributed by atoms with Crippen molar-refractivity contribution >= 4 is 18.7 Å². The van der Waals surface area contributed by atoms with Crippen LogP contribution in [-0.4, -0.2) is 31.5 Å². The molecule has 5 nitrogen and oxygen atoms in total. The minimum atomic E-state index is -0.442. The van der Waals surface area contributed by atoms with E-state index in [1.807, 2.05) is 58.9 Å². The quantitative estimate of drug-likeness (QED) is 0.871. The van der Waals surface area contributed by atoms with Crippen LogP contribution in [0.15, 0.2) is 24.3 Å². The van der Waals surface area contributed by atoms with E-state index < -0.39 is 6.09 Å². The van der Waals surface area contributed by atoms with Crippen molar-refractivity contribution in [3.63, 3.8) is 0 Å². The van der Waals surface area contributed by atoms with Gasteiger partial charge in [-0.2, -0.15) is 0 Å². The molecule has 0 spiro atoms. The van der Waals surface area contributed by atoms with Crippen LogP contribution in [0.2, 0.25) is 0 Å². The molecule has 1 fully saturated rings. The van der Waals surface area contributed by atoms with Gasteiger partial charge in [0.15, 0.2) is 0 Å². The van der Waals surface area contributed by atoms with Crippen LogP contribution in [-0.2, 0) is 14.0 Å². The molecule has 0 radical (unpaired) electrons. The Morgan fingerprint density at radius 3 is 2.09 bits per heavy atom. The van der Waals surface area contributed by atoms with Gasteiger partial charge in [-0.05, 0) is 45.6 Å². The zero-order valence-electron chi connectivity index (χ0n) is 14.1. The highest BCUT2D eigenvalue weighted by Gasteiger charge is 2.51. The fourth-order valence-electron chi connectivity index (χ4n) is 2.24. The molecule has 0 aliphatic carbocycles. The molecule has 1 heterocycles. The first kappa shape index (κ1) is 16.8. The van der Waals surface area contributed by atoms with Gasteiger partial charge in [0.05, 0.1) is 24.4 Å². The first-order valence-electron chi connectivity index (χ1n) is 7.46. The van der Waals surface area contributed by atoms with Gasteiger partial charge in [0.1, 0.15) is 0 Å². The molecule has 1 aromatic rings. The third-order valence-corrected chi connectivity index (χ3v) is 4.48. The lowest BCUT2D eigenvalue weighted by atomic mass is 9.78. The Labute approximate surface area is 132 Å². The predicted octanol–water partition coefficient (Wildman–Crippen LogP) is 2.40. The summed E-state index contributed by atoms with van der Waals surface area (Å²) in [5, 5.41) is 2.74. The Kier molecular flexibility index (Phi) is 4.54. The molecular weight excluding hydrogens is 281 g/mol. The second-order valence-corrected chi connectivity index (χ2v) is 6.61. The van der Waals surface area contributed by atoms with E-state index in [0.29, 0.717) is 0 Å². The molecule has 1 aliphatic heterocycles. The average Bonchev–Trinajstić information content (AvgIpc) is 2.67. The van der Waals surface area contributed by atoms with E-state index in [9.17, 15) is 4.79 Å². The van der Waals surface area contributed by atoms with Gasteiger partial charge in [0, 0.05) is 0 Å². The second kappa shape index (κ2) is 5.93. The summed E-state index contributed by atoms with van der Waals surface area (Å²) in [5.74, 6) is 0. The van der Waals surface area contributed by atoms with Gasteiger partial charge in [-0.3, -0.25) is 0 Å². The smallest absolute Gasteiger partial charge is 0.453 e. The van der Waals surface area contributed by atoms with Gasteiger partial charge in [0.2, 0.25) is 0 Å². The normalized spacial score (nSPS) is 20.5. The van der Waals surface area contributed by atoms with E-state index in [4.69, 9.17) is 9.31 Å². The molecule has 0 saturated carbocycles. The number of hydrogen-bond donors (Lipinski definition) is 1. The van der Waals surface area contributed by atoms with Crippen molar-refractivity contribution in [3.8, 4) is 0 Å². The molecule has 1 amide bonds. The number of amides is 1. The molecule has 1 aliphatic rings. The third-order valence-electron chi connectivity index (χ3n) is 4.48. The van der Waals surface area contributed by atoms with Gasteiger partial charge < -0.3 is 19.4 Å². The fraction of sp³-hybridized carbons (Fsp3) is 0.562. The van der Waals surface area contributed by atoms with Crippen LogP contribution in [0.3, 0.4) is 0 Å². The number of carbonyl (C=O) groups is 1. The van der Waals surface area contributed by atoms with Crippen LogP contribution >= 0.6 is 0 Å². The molecule has 1 aromatic carbocycles. The maximum Gasteiger partial charge on any atom is 0.494 e. The molecule has 1 N–H and O–H groups in total. The maximum absolute atomic E-state index is 11.2. The predicted molar refractivity (Wildman–Crippen MR) is 86.1 cm³/mol. The maximum atomic E-state index is 11.2. The van der Waals surface area contributed by atoms with E-state index in [1.54, 1.807) is 0 Å². The molecule has 120 valence electrons. The van der Waals surface area contributed by atoms with E-state index in [2.05, 4.69) is 10.1 Å². The summed E-state index contributed by atoms with van der Waals surface area (Å²) >= 11 is 0. The molecule has 0 bridgehead atoms.